The van der Waals surface area contributed by atoms with Crippen LogP contribution in [-0.2, 0) is 19.1 Å². The zero-order valence-corrected chi connectivity index (χ0v) is 21.2. The molecule has 1 aliphatic heterocycles. The van der Waals surface area contributed by atoms with E-state index in [0.717, 1.165) is 5.56 Å². The molecular formula is C28H33NO6. The largest absolute Gasteiger partial charge is 0.504 e. The van der Waals surface area contributed by atoms with E-state index in [-0.39, 0.29) is 22.9 Å². The molecule has 1 aromatic carbocycles. The summed E-state index contributed by atoms with van der Waals surface area (Å²) in [6.07, 6.45) is 8.88. The van der Waals surface area contributed by atoms with E-state index in [4.69, 9.17) is 14.2 Å². The van der Waals surface area contributed by atoms with E-state index >= 15 is 0 Å². The predicted molar refractivity (Wildman–Crippen MR) is 131 cm³/mol. The Balaban J connectivity index is 1.90. The van der Waals surface area contributed by atoms with Gasteiger partial charge in [-0.2, -0.15) is 5.26 Å². The molecule has 0 spiro atoms. The highest BCUT2D eigenvalue weighted by Crippen LogP contribution is 2.45. The molecule has 1 atom stereocenters. The lowest BCUT2D eigenvalue weighted by Crippen LogP contribution is -2.48. The van der Waals surface area contributed by atoms with Crippen LogP contribution in [0.5, 0.6) is 11.5 Å². The van der Waals surface area contributed by atoms with Gasteiger partial charge in [0.15, 0.2) is 23.1 Å². The fraction of sp³-hybridized carbons (Fsp3) is 0.464. The summed E-state index contributed by atoms with van der Waals surface area (Å²) in [4.78, 5) is 26.0. The number of carbonyl (C=O) groups excluding carboxylic acids is 2. The number of allylic oxidation sites excluding steroid dienone is 4. The minimum absolute atomic E-state index is 0.0306. The number of phenolic OH excluding ortho intramolecular Hbond substituents is 1. The number of hydrogen-bond donors (Lipinski definition) is 1. The molecule has 0 unspecified atom stereocenters. The van der Waals surface area contributed by atoms with Gasteiger partial charge in [0.1, 0.15) is 6.07 Å². The lowest BCUT2D eigenvalue weighted by Gasteiger charge is -2.39. The highest BCUT2D eigenvalue weighted by Gasteiger charge is 2.52. The van der Waals surface area contributed by atoms with E-state index in [9.17, 15) is 20.0 Å². The fourth-order valence-corrected chi connectivity index (χ4v) is 4.78. The van der Waals surface area contributed by atoms with Crippen LogP contribution in [0.25, 0.3) is 6.08 Å². The second kappa shape index (κ2) is 9.44. The SMILES string of the molecule is COc1cc(C=CC2(C(C)(C)C(=O)C=C[C@@]3(C)C=C(C#N)C(=O)C(C)(C)C3)OCCO2)ccc1O. The number of nitrogens with zero attached hydrogens (tertiary/aromatic N) is 1. The van der Waals surface area contributed by atoms with E-state index in [2.05, 4.69) is 0 Å². The first-order chi connectivity index (χ1) is 16.3. The van der Waals surface area contributed by atoms with E-state index in [1.165, 1.54) is 19.3 Å². The van der Waals surface area contributed by atoms with Crippen LogP contribution in [0.3, 0.4) is 0 Å². The maximum atomic E-state index is 13.5. The Kier molecular flexibility index (Phi) is 7.12. The first kappa shape index (κ1) is 26.4. The van der Waals surface area contributed by atoms with Gasteiger partial charge >= 0.3 is 0 Å². The number of nitriles is 1. The van der Waals surface area contributed by atoms with Crippen LogP contribution >= 0.6 is 0 Å². The number of rotatable bonds is 7. The molecule has 0 radical (unpaired) electrons. The second-order valence-electron chi connectivity index (χ2n) is 10.5. The highest BCUT2D eigenvalue weighted by atomic mass is 16.7. The number of Topliss-reactive ketones (excluding diaryl/α,β-unsaturated/α-hetero) is 1. The summed E-state index contributed by atoms with van der Waals surface area (Å²) >= 11 is 0. The van der Waals surface area contributed by atoms with Crippen LogP contribution < -0.4 is 4.74 Å². The van der Waals surface area contributed by atoms with Gasteiger partial charge in [-0.1, -0.05) is 45.1 Å². The summed E-state index contributed by atoms with van der Waals surface area (Å²) in [6.45, 7) is 9.75. The third-order valence-corrected chi connectivity index (χ3v) is 6.79. The van der Waals surface area contributed by atoms with Crippen molar-refractivity contribution in [1.82, 2.24) is 0 Å². The number of ketones is 2. The summed E-state index contributed by atoms with van der Waals surface area (Å²) < 4.78 is 17.1. The first-order valence-corrected chi connectivity index (χ1v) is 11.5. The summed E-state index contributed by atoms with van der Waals surface area (Å²) in [7, 11) is 1.47. The third kappa shape index (κ3) is 5.09. The van der Waals surface area contributed by atoms with Gasteiger partial charge in [-0.15, -0.1) is 0 Å². The van der Waals surface area contributed by atoms with E-state index < -0.39 is 22.0 Å². The van der Waals surface area contributed by atoms with Crippen molar-refractivity contribution in [3.63, 3.8) is 0 Å². The Morgan fingerprint density at radius 3 is 2.46 bits per heavy atom. The Bertz CT molecular complexity index is 1140. The topological polar surface area (TPSA) is 106 Å². The molecule has 7 heteroatoms. The smallest absolute Gasteiger partial charge is 0.200 e. The van der Waals surface area contributed by atoms with Gasteiger partial charge in [-0.25, -0.2) is 0 Å². The van der Waals surface area contributed by atoms with Crippen LogP contribution in [0.2, 0.25) is 0 Å². The standard InChI is InChI=1S/C28H33NO6/c1-25(2)18-27(5,16-20(17-29)24(25)32)11-10-23(31)26(3,4)28(34-13-14-35-28)12-9-19-7-8-21(30)22(15-19)33-6/h7-12,15-16,30H,13-14,18H2,1-6H3/t27-/m0/s1. The van der Waals surface area contributed by atoms with Gasteiger partial charge < -0.3 is 19.3 Å². The maximum Gasteiger partial charge on any atom is 0.200 e. The minimum atomic E-state index is -1.30. The van der Waals surface area contributed by atoms with Crippen molar-refractivity contribution in [3.8, 4) is 17.6 Å². The van der Waals surface area contributed by atoms with E-state index in [1.807, 2.05) is 26.8 Å². The molecule has 186 valence electrons. The number of carbonyl (C=O) groups is 2. The molecule has 3 rings (SSSR count). The molecule has 0 saturated carbocycles. The van der Waals surface area contributed by atoms with Crippen LogP contribution in [0.1, 0.15) is 46.6 Å². The summed E-state index contributed by atoms with van der Waals surface area (Å²) in [5.74, 6) is -1.33. The van der Waals surface area contributed by atoms with Crippen molar-refractivity contribution in [2.24, 2.45) is 16.2 Å². The van der Waals surface area contributed by atoms with Crippen molar-refractivity contribution in [2.45, 2.75) is 46.8 Å². The summed E-state index contributed by atoms with van der Waals surface area (Å²) in [5.41, 5.74) is -1.56. The predicted octanol–water partition coefficient (Wildman–Crippen LogP) is 4.76. The highest BCUT2D eigenvalue weighted by molar-refractivity contribution is 6.04. The average molecular weight is 480 g/mol. The van der Waals surface area contributed by atoms with Gasteiger partial charge in [-0.05, 0) is 50.1 Å². The van der Waals surface area contributed by atoms with E-state index in [0.29, 0.717) is 25.4 Å². The molecule has 1 fully saturated rings. The minimum Gasteiger partial charge on any atom is -0.504 e. The quantitative estimate of drug-likeness (QED) is 0.562. The Morgan fingerprint density at radius 1 is 1.20 bits per heavy atom. The van der Waals surface area contributed by atoms with Crippen LogP contribution in [0, 0.1) is 27.6 Å². The molecule has 1 aromatic rings. The Hall–Kier alpha value is -3.21. The zero-order valence-electron chi connectivity index (χ0n) is 21.2. The van der Waals surface area contributed by atoms with Crippen LogP contribution in [-0.4, -0.2) is 42.8 Å². The van der Waals surface area contributed by atoms with Crippen molar-refractivity contribution in [1.29, 1.82) is 5.26 Å². The van der Waals surface area contributed by atoms with Gasteiger partial charge in [0.2, 0.25) is 5.79 Å². The summed E-state index contributed by atoms with van der Waals surface area (Å²) in [6, 6.07) is 6.92. The molecule has 2 aliphatic rings. The average Bonchev–Trinajstić information content (AvgIpc) is 3.30. The zero-order chi connectivity index (χ0) is 26.1. The molecule has 1 N–H and O–H groups in total. The molecule has 1 saturated heterocycles. The molecule has 1 aliphatic carbocycles. The molecule has 0 bridgehead atoms. The second-order valence-corrected chi connectivity index (χ2v) is 10.5. The fourth-order valence-electron chi connectivity index (χ4n) is 4.78. The number of methoxy groups -OCH3 is 1. The number of ether oxygens (including phenoxy) is 3. The van der Waals surface area contributed by atoms with Gasteiger partial charge in [0.25, 0.3) is 0 Å². The van der Waals surface area contributed by atoms with Crippen LogP contribution in [0.15, 0.2) is 48.1 Å². The number of hydrogen-bond acceptors (Lipinski definition) is 7. The third-order valence-electron chi connectivity index (χ3n) is 6.79. The lowest BCUT2D eigenvalue weighted by molar-refractivity contribution is -0.191. The van der Waals surface area contributed by atoms with Gasteiger partial charge in [0, 0.05) is 10.8 Å². The normalized spacial score (nSPS) is 23.9. The van der Waals surface area contributed by atoms with Gasteiger partial charge in [-0.3, -0.25) is 9.59 Å². The molecule has 35 heavy (non-hydrogen) atoms. The number of aromatic hydroxyl groups is 1. The van der Waals surface area contributed by atoms with E-state index in [1.54, 1.807) is 50.3 Å². The van der Waals surface area contributed by atoms with Crippen molar-refractivity contribution in [2.75, 3.05) is 20.3 Å². The maximum absolute atomic E-state index is 13.5. The monoisotopic (exact) mass is 479 g/mol. The number of phenols is 1. The number of benzene rings is 1. The lowest BCUT2D eigenvalue weighted by atomic mass is 9.65. The van der Waals surface area contributed by atoms with Crippen molar-refractivity contribution >= 4 is 17.6 Å². The van der Waals surface area contributed by atoms with Gasteiger partial charge in [0.05, 0.1) is 31.3 Å². The van der Waals surface area contributed by atoms with Crippen LogP contribution in [0.4, 0.5) is 0 Å². The Labute approximate surface area is 206 Å². The first-order valence-electron chi connectivity index (χ1n) is 11.5. The molecular weight excluding hydrogens is 446 g/mol. The summed E-state index contributed by atoms with van der Waals surface area (Å²) in [5, 5.41) is 19.3. The molecule has 0 aromatic heterocycles. The Morgan fingerprint density at radius 2 is 1.86 bits per heavy atom. The molecule has 0 amide bonds. The van der Waals surface area contributed by atoms with Crippen molar-refractivity contribution in [3.05, 3.63) is 53.6 Å². The van der Waals surface area contributed by atoms with Crippen molar-refractivity contribution < 1.29 is 28.9 Å². The molecule has 1 heterocycles. The molecule has 7 nitrogen and oxygen atoms in total.